The number of hydrogen-bond acceptors (Lipinski definition) is 6. The van der Waals surface area contributed by atoms with Crippen LogP contribution in [0.5, 0.6) is 0 Å². The monoisotopic (exact) mass is 376 g/mol. The molecule has 0 saturated heterocycles. The lowest BCUT2D eigenvalue weighted by atomic mass is 9.73. The largest absolute Gasteiger partial charge is 0.328 e. The van der Waals surface area contributed by atoms with E-state index in [9.17, 15) is 0 Å². The van der Waals surface area contributed by atoms with E-state index < -0.39 is 5.54 Å². The first kappa shape index (κ1) is 17.3. The molecule has 0 aromatic carbocycles. The van der Waals surface area contributed by atoms with Gasteiger partial charge in [0.15, 0.2) is 11.5 Å². The minimum Gasteiger partial charge on any atom is -0.328 e. The number of aromatic nitrogens is 6. The lowest BCUT2D eigenvalue weighted by molar-refractivity contribution is 0.196. The Kier molecular flexibility index (Phi) is 3.59. The SMILES string of the molecule is Cc1nc2ncc(-c3ccn4nc(C5(N)CC(N)C5)ncc34)cc2n1C(C)C. The predicted molar refractivity (Wildman–Crippen MR) is 108 cm³/mol. The van der Waals surface area contributed by atoms with Crippen LogP contribution in [0.4, 0.5) is 0 Å². The van der Waals surface area contributed by atoms with Gasteiger partial charge in [0.05, 0.1) is 22.8 Å². The Labute approximate surface area is 162 Å². The maximum Gasteiger partial charge on any atom is 0.177 e. The molecule has 8 nitrogen and oxygen atoms in total. The normalized spacial score (nSPS) is 22.3. The molecule has 0 aliphatic heterocycles. The maximum absolute atomic E-state index is 6.39. The lowest BCUT2D eigenvalue weighted by Gasteiger charge is -2.41. The Morgan fingerprint density at radius 1 is 1.18 bits per heavy atom. The lowest BCUT2D eigenvalue weighted by Crippen LogP contribution is -2.56. The van der Waals surface area contributed by atoms with E-state index in [1.165, 1.54) is 0 Å². The molecule has 0 radical (unpaired) electrons. The summed E-state index contributed by atoms with van der Waals surface area (Å²) in [5, 5.41) is 4.65. The molecule has 0 amide bonds. The van der Waals surface area contributed by atoms with Crippen molar-refractivity contribution in [3.8, 4) is 11.1 Å². The molecule has 4 aromatic heterocycles. The fourth-order valence-corrected chi connectivity index (χ4v) is 4.32. The van der Waals surface area contributed by atoms with Gasteiger partial charge < -0.3 is 16.0 Å². The van der Waals surface area contributed by atoms with Gasteiger partial charge in [-0.2, -0.15) is 5.10 Å². The zero-order valence-corrected chi connectivity index (χ0v) is 16.3. The van der Waals surface area contributed by atoms with Crippen LogP contribution >= 0.6 is 0 Å². The topological polar surface area (TPSA) is 113 Å². The summed E-state index contributed by atoms with van der Waals surface area (Å²) in [5.74, 6) is 1.61. The molecule has 1 aliphatic rings. The highest BCUT2D eigenvalue weighted by atomic mass is 15.3. The first-order chi connectivity index (χ1) is 13.4. The van der Waals surface area contributed by atoms with E-state index in [0.29, 0.717) is 24.7 Å². The highest BCUT2D eigenvalue weighted by Crippen LogP contribution is 2.36. The van der Waals surface area contributed by atoms with Crippen molar-refractivity contribution in [2.75, 3.05) is 0 Å². The zero-order chi connectivity index (χ0) is 19.6. The van der Waals surface area contributed by atoms with Gasteiger partial charge in [0, 0.05) is 35.6 Å². The number of nitrogens with two attached hydrogens (primary N) is 2. The molecular formula is C20H24N8. The van der Waals surface area contributed by atoms with Gasteiger partial charge in [0.25, 0.3) is 0 Å². The molecule has 4 N–H and O–H groups in total. The summed E-state index contributed by atoms with van der Waals surface area (Å²) in [4.78, 5) is 13.7. The number of fused-ring (bicyclic) bond motifs is 2. The molecule has 4 aromatic rings. The number of pyridine rings is 1. The van der Waals surface area contributed by atoms with E-state index in [4.69, 9.17) is 11.5 Å². The van der Waals surface area contributed by atoms with Gasteiger partial charge in [0.1, 0.15) is 5.82 Å². The molecule has 4 heterocycles. The molecule has 1 saturated carbocycles. The van der Waals surface area contributed by atoms with Gasteiger partial charge in [-0.1, -0.05) is 0 Å². The second-order valence-corrected chi connectivity index (χ2v) is 8.15. The van der Waals surface area contributed by atoms with Crippen LogP contribution in [-0.4, -0.2) is 35.2 Å². The third kappa shape index (κ3) is 2.45. The fraction of sp³-hybridized carbons (Fsp3) is 0.400. The Hall–Kier alpha value is -2.84. The van der Waals surface area contributed by atoms with Gasteiger partial charge in [0.2, 0.25) is 0 Å². The molecule has 1 aliphatic carbocycles. The van der Waals surface area contributed by atoms with Crippen molar-refractivity contribution in [3.63, 3.8) is 0 Å². The summed E-state index contributed by atoms with van der Waals surface area (Å²) in [6.07, 6.45) is 7.06. The first-order valence-electron chi connectivity index (χ1n) is 9.60. The molecule has 0 atom stereocenters. The quantitative estimate of drug-likeness (QED) is 0.567. The number of rotatable bonds is 3. The molecule has 28 heavy (non-hydrogen) atoms. The smallest absolute Gasteiger partial charge is 0.177 e. The van der Waals surface area contributed by atoms with Crippen molar-refractivity contribution >= 4 is 16.7 Å². The Morgan fingerprint density at radius 3 is 2.68 bits per heavy atom. The van der Waals surface area contributed by atoms with Gasteiger partial charge in [-0.15, -0.1) is 0 Å². The average Bonchev–Trinajstić information content (AvgIpc) is 3.19. The van der Waals surface area contributed by atoms with Crippen molar-refractivity contribution in [1.29, 1.82) is 0 Å². The third-order valence-corrected chi connectivity index (χ3v) is 5.67. The summed E-state index contributed by atoms with van der Waals surface area (Å²) in [7, 11) is 0. The predicted octanol–water partition coefficient (Wildman–Crippen LogP) is 2.31. The molecular weight excluding hydrogens is 352 g/mol. The van der Waals surface area contributed by atoms with E-state index in [1.54, 1.807) is 0 Å². The van der Waals surface area contributed by atoms with Crippen molar-refractivity contribution in [2.45, 2.75) is 51.2 Å². The summed E-state index contributed by atoms with van der Waals surface area (Å²) in [5.41, 5.74) is 16.6. The minimum atomic E-state index is -0.514. The number of nitrogens with zero attached hydrogens (tertiary/aromatic N) is 6. The van der Waals surface area contributed by atoms with E-state index in [-0.39, 0.29) is 6.04 Å². The number of imidazole rings is 1. The number of aryl methyl sites for hydroxylation is 1. The number of hydrogen-bond donors (Lipinski definition) is 2. The summed E-state index contributed by atoms with van der Waals surface area (Å²) in [6, 6.07) is 4.63. The first-order valence-corrected chi connectivity index (χ1v) is 9.60. The standard InChI is InChI=1S/C20H24N8/c1-11(2)28-12(3)25-18-16(28)6-13(9-23-18)15-4-5-27-17(15)10-24-19(26-27)20(22)7-14(21)8-20/h4-6,9-11,14H,7-8,21-22H2,1-3H3. The second-order valence-electron chi connectivity index (χ2n) is 8.15. The molecule has 1 fully saturated rings. The fourth-order valence-electron chi connectivity index (χ4n) is 4.32. The van der Waals surface area contributed by atoms with Crippen LogP contribution in [-0.2, 0) is 5.54 Å². The zero-order valence-electron chi connectivity index (χ0n) is 16.3. The molecule has 0 bridgehead atoms. The molecule has 0 unspecified atom stereocenters. The molecule has 0 spiro atoms. The Balaban J connectivity index is 1.60. The van der Waals surface area contributed by atoms with Crippen LogP contribution in [0, 0.1) is 6.92 Å². The van der Waals surface area contributed by atoms with E-state index in [1.807, 2.05) is 36.1 Å². The van der Waals surface area contributed by atoms with Crippen molar-refractivity contribution in [1.82, 2.24) is 29.1 Å². The Morgan fingerprint density at radius 2 is 1.96 bits per heavy atom. The average molecular weight is 376 g/mol. The van der Waals surface area contributed by atoms with Gasteiger partial charge >= 0.3 is 0 Å². The van der Waals surface area contributed by atoms with Crippen LogP contribution in [0.25, 0.3) is 27.8 Å². The Bertz CT molecular complexity index is 1200. The highest BCUT2D eigenvalue weighted by Gasteiger charge is 2.43. The van der Waals surface area contributed by atoms with Gasteiger partial charge in [-0.05, 0) is 45.7 Å². The van der Waals surface area contributed by atoms with Crippen molar-refractivity contribution in [2.24, 2.45) is 11.5 Å². The van der Waals surface area contributed by atoms with Crippen molar-refractivity contribution in [3.05, 3.63) is 42.4 Å². The van der Waals surface area contributed by atoms with Crippen LogP contribution in [0.3, 0.4) is 0 Å². The van der Waals surface area contributed by atoms with Crippen LogP contribution in [0.15, 0.2) is 30.7 Å². The van der Waals surface area contributed by atoms with Gasteiger partial charge in [-0.3, -0.25) is 0 Å². The maximum atomic E-state index is 6.39. The second kappa shape index (κ2) is 5.83. The van der Waals surface area contributed by atoms with Crippen LogP contribution in [0.1, 0.15) is 44.4 Å². The van der Waals surface area contributed by atoms with Gasteiger partial charge in [-0.25, -0.2) is 19.5 Å². The summed E-state index contributed by atoms with van der Waals surface area (Å²) in [6.45, 7) is 6.32. The molecule has 5 rings (SSSR count). The molecule has 144 valence electrons. The highest BCUT2D eigenvalue weighted by molar-refractivity contribution is 5.85. The summed E-state index contributed by atoms with van der Waals surface area (Å²) >= 11 is 0. The van der Waals surface area contributed by atoms with Crippen LogP contribution < -0.4 is 11.5 Å². The van der Waals surface area contributed by atoms with Crippen LogP contribution in [0.2, 0.25) is 0 Å². The third-order valence-electron chi connectivity index (χ3n) is 5.67. The van der Waals surface area contributed by atoms with E-state index >= 15 is 0 Å². The van der Waals surface area contributed by atoms with E-state index in [2.05, 4.69) is 44.5 Å². The van der Waals surface area contributed by atoms with E-state index in [0.717, 1.165) is 33.6 Å². The summed E-state index contributed by atoms with van der Waals surface area (Å²) < 4.78 is 4.04. The minimum absolute atomic E-state index is 0.136. The van der Waals surface area contributed by atoms with Crippen molar-refractivity contribution < 1.29 is 0 Å². The molecule has 8 heteroatoms.